The van der Waals surface area contributed by atoms with E-state index < -0.39 is 17.8 Å². The molecule has 3 rings (SSSR count). The average Bonchev–Trinajstić information content (AvgIpc) is 2.81. The number of rotatable bonds is 4. The van der Waals surface area contributed by atoms with Gasteiger partial charge in [-0.1, -0.05) is 18.2 Å². The van der Waals surface area contributed by atoms with E-state index in [1.54, 1.807) is 31.2 Å². The van der Waals surface area contributed by atoms with Crippen LogP contribution in [0.2, 0.25) is 0 Å². The Morgan fingerprint density at radius 2 is 1.74 bits per heavy atom. The van der Waals surface area contributed by atoms with Crippen molar-refractivity contribution >= 4 is 23.5 Å². The molecular formula is C17H14N2O4. The summed E-state index contributed by atoms with van der Waals surface area (Å²) in [5.74, 6) is -1.48. The van der Waals surface area contributed by atoms with Crippen LogP contribution in [0.3, 0.4) is 0 Å². The first kappa shape index (κ1) is 14.8. The largest absolute Gasteiger partial charge is 0.462 e. The molecule has 6 heteroatoms. The lowest BCUT2D eigenvalue weighted by Crippen LogP contribution is -2.35. The predicted octanol–water partition coefficient (Wildman–Crippen LogP) is 2.49. The van der Waals surface area contributed by atoms with Crippen molar-refractivity contribution in [3.05, 3.63) is 65.2 Å². The molecule has 1 N–H and O–H groups in total. The number of carbonyl (C=O) groups excluding carboxylic acids is 3. The van der Waals surface area contributed by atoms with Crippen molar-refractivity contribution in [2.24, 2.45) is 0 Å². The van der Waals surface area contributed by atoms with Gasteiger partial charge in [-0.2, -0.15) is 5.01 Å². The molecule has 0 saturated heterocycles. The van der Waals surface area contributed by atoms with Gasteiger partial charge in [0, 0.05) is 0 Å². The summed E-state index contributed by atoms with van der Waals surface area (Å²) in [5.41, 5.74) is 4.08. The number of amides is 2. The van der Waals surface area contributed by atoms with E-state index in [0.29, 0.717) is 5.69 Å². The van der Waals surface area contributed by atoms with Crippen LogP contribution in [0.1, 0.15) is 38.0 Å². The molecule has 116 valence electrons. The molecule has 0 atom stereocenters. The number of fused-ring (bicyclic) bond motifs is 1. The second-order valence-electron chi connectivity index (χ2n) is 4.90. The number of ether oxygens (including phenoxy) is 1. The topological polar surface area (TPSA) is 75.7 Å². The molecule has 0 saturated carbocycles. The maximum absolute atomic E-state index is 12.4. The zero-order valence-electron chi connectivity index (χ0n) is 12.4. The molecule has 0 bridgehead atoms. The van der Waals surface area contributed by atoms with E-state index in [9.17, 15) is 14.4 Å². The number of hydrogen-bond acceptors (Lipinski definition) is 5. The fourth-order valence-electron chi connectivity index (χ4n) is 2.33. The number of esters is 1. The van der Waals surface area contributed by atoms with Crippen molar-refractivity contribution in [2.75, 3.05) is 12.0 Å². The Bertz CT molecular complexity index is 786. The van der Waals surface area contributed by atoms with Gasteiger partial charge in [0.2, 0.25) is 0 Å². The zero-order valence-corrected chi connectivity index (χ0v) is 12.4. The molecule has 2 amide bonds. The Morgan fingerprint density at radius 3 is 2.43 bits per heavy atom. The highest BCUT2D eigenvalue weighted by molar-refractivity contribution is 6.22. The highest BCUT2D eigenvalue weighted by Crippen LogP contribution is 2.25. The maximum Gasteiger partial charge on any atom is 0.338 e. The van der Waals surface area contributed by atoms with E-state index in [1.165, 1.54) is 18.2 Å². The monoisotopic (exact) mass is 310 g/mol. The van der Waals surface area contributed by atoms with E-state index >= 15 is 0 Å². The first-order chi connectivity index (χ1) is 11.1. The highest BCUT2D eigenvalue weighted by atomic mass is 16.5. The van der Waals surface area contributed by atoms with Gasteiger partial charge in [0.1, 0.15) is 0 Å². The maximum atomic E-state index is 12.4. The minimum atomic E-state index is -0.523. The van der Waals surface area contributed by atoms with Crippen LogP contribution in [-0.2, 0) is 4.74 Å². The first-order valence-electron chi connectivity index (χ1n) is 7.13. The van der Waals surface area contributed by atoms with E-state index in [0.717, 1.165) is 5.01 Å². The molecule has 0 spiro atoms. The summed E-state index contributed by atoms with van der Waals surface area (Å²) in [6, 6.07) is 13.2. The molecule has 1 aliphatic heterocycles. The van der Waals surface area contributed by atoms with Crippen LogP contribution in [-0.4, -0.2) is 29.4 Å². The van der Waals surface area contributed by atoms with E-state index in [4.69, 9.17) is 4.74 Å². The van der Waals surface area contributed by atoms with Gasteiger partial charge in [0.25, 0.3) is 11.8 Å². The number of carbonyl (C=O) groups is 3. The van der Waals surface area contributed by atoms with Crippen molar-refractivity contribution in [3.8, 4) is 0 Å². The highest BCUT2D eigenvalue weighted by Gasteiger charge is 2.36. The smallest absolute Gasteiger partial charge is 0.338 e. The van der Waals surface area contributed by atoms with Gasteiger partial charge in [0.05, 0.1) is 29.0 Å². The number of imide groups is 1. The van der Waals surface area contributed by atoms with Crippen molar-refractivity contribution < 1.29 is 19.1 Å². The third kappa shape index (κ3) is 2.66. The van der Waals surface area contributed by atoms with Crippen LogP contribution in [0, 0.1) is 0 Å². The van der Waals surface area contributed by atoms with E-state index in [2.05, 4.69) is 5.43 Å². The number of anilines is 1. The van der Waals surface area contributed by atoms with Crippen LogP contribution < -0.4 is 5.43 Å². The second-order valence-corrected chi connectivity index (χ2v) is 4.90. The first-order valence-corrected chi connectivity index (χ1v) is 7.13. The number of nitrogens with zero attached hydrogens (tertiary/aromatic N) is 1. The Labute approximate surface area is 132 Å². The standard InChI is InChI=1S/C17H14N2O4/c1-2-23-17(22)11-8-9-13-14(10-11)16(21)19(15(13)20)18-12-6-4-3-5-7-12/h3-10,18H,2H2,1H3. The lowest BCUT2D eigenvalue weighted by Gasteiger charge is -2.16. The molecule has 0 aromatic heterocycles. The lowest BCUT2D eigenvalue weighted by atomic mass is 10.1. The molecular weight excluding hydrogens is 296 g/mol. The third-order valence-electron chi connectivity index (χ3n) is 3.41. The fraction of sp³-hybridized carbons (Fsp3) is 0.118. The number of hydrazine groups is 1. The molecule has 6 nitrogen and oxygen atoms in total. The lowest BCUT2D eigenvalue weighted by molar-refractivity contribution is 0.0526. The molecule has 1 heterocycles. The number of hydrogen-bond donors (Lipinski definition) is 1. The van der Waals surface area contributed by atoms with Crippen molar-refractivity contribution in [3.63, 3.8) is 0 Å². The second kappa shape index (κ2) is 5.92. The molecule has 0 radical (unpaired) electrons. The summed E-state index contributed by atoms with van der Waals surface area (Å²) in [4.78, 5) is 36.5. The average molecular weight is 310 g/mol. The fourth-order valence-corrected chi connectivity index (χ4v) is 2.33. The van der Waals surface area contributed by atoms with Gasteiger partial charge in [-0.05, 0) is 37.3 Å². The summed E-state index contributed by atoms with van der Waals surface area (Å²) >= 11 is 0. The van der Waals surface area contributed by atoms with Gasteiger partial charge in [-0.3, -0.25) is 15.0 Å². The number of nitrogens with one attached hydrogen (secondary N) is 1. The molecule has 2 aromatic rings. The van der Waals surface area contributed by atoms with Crippen molar-refractivity contribution in [1.82, 2.24) is 5.01 Å². The van der Waals surface area contributed by atoms with Gasteiger partial charge < -0.3 is 4.74 Å². The molecule has 0 unspecified atom stereocenters. The quantitative estimate of drug-likeness (QED) is 0.693. The SMILES string of the molecule is CCOC(=O)c1ccc2c(c1)C(=O)N(Nc1ccccc1)C2=O. The van der Waals surface area contributed by atoms with Crippen LogP contribution in [0.4, 0.5) is 5.69 Å². The van der Waals surface area contributed by atoms with Crippen molar-refractivity contribution in [2.45, 2.75) is 6.92 Å². The summed E-state index contributed by atoms with van der Waals surface area (Å²) in [5, 5.41) is 0.939. The molecule has 1 aliphatic rings. The van der Waals surface area contributed by atoms with Crippen LogP contribution in [0.5, 0.6) is 0 Å². The Kier molecular flexibility index (Phi) is 3.80. The third-order valence-corrected chi connectivity index (χ3v) is 3.41. The normalized spacial score (nSPS) is 13.0. The minimum Gasteiger partial charge on any atom is -0.462 e. The van der Waals surface area contributed by atoms with Gasteiger partial charge in [0.15, 0.2) is 0 Å². The molecule has 2 aromatic carbocycles. The van der Waals surface area contributed by atoms with Gasteiger partial charge in [-0.15, -0.1) is 0 Å². The Balaban J connectivity index is 1.89. The Hall–Kier alpha value is -3.15. The van der Waals surface area contributed by atoms with Gasteiger partial charge >= 0.3 is 5.97 Å². The van der Waals surface area contributed by atoms with Crippen LogP contribution in [0.25, 0.3) is 0 Å². The molecule has 0 aliphatic carbocycles. The Morgan fingerprint density at radius 1 is 1.04 bits per heavy atom. The zero-order chi connectivity index (χ0) is 16.4. The molecule has 23 heavy (non-hydrogen) atoms. The van der Waals surface area contributed by atoms with E-state index in [-0.39, 0.29) is 23.3 Å². The van der Waals surface area contributed by atoms with Gasteiger partial charge in [-0.25, -0.2) is 4.79 Å². The van der Waals surface area contributed by atoms with Crippen LogP contribution in [0.15, 0.2) is 48.5 Å². The summed E-state index contributed by atoms with van der Waals surface area (Å²) in [6.07, 6.45) is 0. The summed E-state index contributed by atoms with van der Waals surface area (Å²) < 4.78 is 4.91. The number of benzene rings is 2. The van der Waals surface area contributed by atoms with E-state index in [1.807, 2.05) is 6.07 Å². The minimum absolute atomic E-state index is 0.184. The molecule has 0 fully saturated rings. The summed E-state index contributed by atoms with van der Waals surface area (Å²) in [7, 11) is 0. The number of para-hydroxylation sites is 1. The van der Waals surface area contributed by atoms with Crippen molar-refractivity contribution in [1.29, 1.82) is 0 Å². The predicted molar refractivity (Wildman–Crippen MR) is 83.0 cm³/mol. The van der Waals surface area contributed by atoms with Crippen LogP contribution >= 0.6 is 0 Å². The summed E-state index contributed by atoms with van der Waals surface area (Å²) in [6.45, 7) is 1.94.